The topological polar surface area (TPSA) is 124 Å². The maximum atomic E-state index is 12.5. The Bertz CT molecular complexity index is 984. The zero-order valence-corrected chi connectivity index (χ0v) is 19.8. The Morgan fingerprint density at radius 1 is 1.24 bits per heavy atom. The van der Waals surface area contributed by atoms with Crippen molar-refractivity contribution in [3.8, 4) is 6.07 Å². The van der Waals surface area contributed by atoms with Crippen LogP contribution in [-0.4, -0.2) is 58.1 Å². The van der Waals surface area contributed by atoms with Crippen LogP contribution < -0.4 is 4.90 Å². The van der Waals surface area contributed by atoms with Crippen molar-refractivity contribution in [1.82, 2.24) is 9.88 Å². The number of anilines is 1. The van der Waals surface area contributed by atoms with Gasteiger partial charge in [0.25, 0.3) is 0 Å². The first-order valence-electron chi connectivity index (χ1n) is 11.5. The summed E-state index contributed by atoms with van der Waals surface area (Å²) >= 11 is 0. The lowest BCUT2D eigenvalue weighted by molar-refractivity contribution is -0.160. The summed E-state index contributed by atoms with van der Waals surface area (Å²) in [5.74, 6) is -1.18. The van der Waals surface area contributed by atoms with Crippen molar-refractivity contribution in [2.75, 3.05) is 24.5 Å². The van der Waals surface area contributed by atoms with Crippen LogP contribution in [0, 0.1) is 17.2 Å². The summed E-state index contributed by atoms with van der Waals surface area (Å²) in [4.78, 5) is 45.0. The maximum Gasteiger partial charge on any atom is 0.337 e. The molecule has 1 aromatic heterocycles. The molecule has 2 aliphatic heterocycles. The molecule has 1 amide bonds. The summed E-state index contributed by atoms with van der Waals surface area (Å²) < 4.78 is 5.52. The molecule has 9 heteroatoms. The van der Waals surface area contributed by atoms with Gasteiger partial charge in [0.1, 0.15) is 17.5 Å². The Morgan fingerprint density at radius 2 is 1.91 bits per heavy atom. The highest BCUT2D eigenvalue weighted by Crippen LogP contribution is 2.32. The van der Waals surface area contributed by atoms with E-state index in [1.165, 1.54) is 0 Å². The molecule has 0 saturated carbocycles. The van der Waals surface area contributed by atoms with Gasteiger partial charge < -0.3 is 19.6 Å². The number of nitrogens with zero attached hydrogens (tertiary/aromatic N) is 4. The van der Waals surface area contributed by atoms with E-state index in [1.807, 2.05) is 32.6 Å². The Labute approximate surface area is 194 Å². The Balaban J connectivity index is 1.92. The second-order valence-electron chi connectivity index (χ2n) is 9.59. The number of carbonyl (C=O) groups is 3. The molecule has 0 aliphatic carbocycles. The van der Waals surface area contributed by atoms with E-state index in [2.05, 4.69) is 11.1 Å². The minimum absolute atomic E-state index is 0.0149. The lowest BCUT2D eigenvalue weighted by Crippen LogP contribution is -2.40. The molecule has 2 fully saturated rings. The van der Waals surface area contributed by atoms with E-state index in [-0.39, 0.29) is 35.5 Å². The fraction of sp³-hybridized carbons (Fsp3) is 0.625. The number of amides is 1. The molecule has 1 aromatic rings. The van der Waals surface area contributed by atoms with Crippen LogP contribution in [0.1, 0.15) is 80.6 Å². The van der Waals surface area contributed by atoms with Gasteiger partial charge in [-0.1, -0.05) is 6.92 Å². The number of pyridine rings is 1. The average molecular weight is 457 g/mol. The van der Waals surface area contributed by atoms with Crippen LogP contribution in [0.15, 0.2) is 0 Å². The standard InChI is InChI=1S/C24H32N4O5/c1-5-16-17(13-25)21(27-11-8-15(9-12-27)23(32)33-24(2,3)4)26-18(20(16)22(30)31)14-28-10-6-7-19(28)29/h15H,5-12,14H2,1-4H3,(H,30,31). The van der Waals surface area contributed by atoms with Crippen LogP contribution >= 0.6 is 0 Å². The second kappa shape index (κ2) is 9.77. The molecule has 2 aliphatic rings. The number of nitriles is 1. The number of carboxylic acids is 1. The number of rotatable bonds is 6. The van der Waals surface area contributed by atoms with Gasteiger partial charge >= 0.3 is 11.9 Å². The zero-order chi connectivity index (χ0) is 24.3. The summed E-state index contributed by atoms with van der Waals surface area (Å²) in [5.41, 5.74) is 0.459. The minimum atomic E-state index is -1.15. The number of piperidine rings is 1. The Hall–Kier alpha value is -3.15. The molecule has 33 heavy (non-hydrogen) atoms. The smallest absolute Gasteiger partial charge is 0.337 e. The van der Waals surface area contributed by atoms with Crippen molar-refractivity contribution >= 4 is 23.7 Å². The number of carboxylic acid groups (broad SMARTS) is 1. The van der Waals surface area contributed by atoms with E-state index >= 15 is 0 Å². The molecular formula is C24H32N4O5. The number of likely N-dealkylation sites (tertiary alicyclic amines) is 1. The van der Waals surface area contributed by atoms with Crippen LogP contribution in [0.4, 0.5) is 5.82 Å². The van der Waals surface area contributed by atoms with E-state index in [0.717, 1.165) is 6.42 Å². The molecule has 0 radical (unpaired) electrons. The zero-order valence-electron chi connectivity index (χ0n) is 19.8. The van der Waals surface area contributed by atoms with Gasteiger partial charge in [-0.2, -0.15) is 5.26 Å². The molecule has 0 bridgehead atoms. The van der Waals surface area contributed by atoms with Gasteiger partial charge in [0.2, 0.25) is 5.91 Å². The summed E-state index contributed by atoms with van der Waals surface area (Å²) in [7, 11) is 0. The number of hydrogen-bond donors (Lipinski definition) is 1. The first-order chi connectivity index (χ1) is 15.6. The highest BCUT2D eigenvalue weighted by atomic mass is 16.6. The van der Waals surface area contributed by atoms with E-state index in [0.29, 0.717) is 62.4 Å². The van der Waals surface area contributed by atoms with Gasteiger partial charge in [-0.3, -0.25) is 9.59 Å². The molecular weight excluding hydrogens is 424 g/mol. The van der Waals surface area contributed by atoms with E-state index in [9.17, 15) is 24.8 Å². The van der Waals surface area contributed by atoms with Crippen LogP contribution in [-0.2, 0) is 27.3 Å². The predicted octanol–water partition coefficient (Wildman–Crippen LogP) is 2.89. The van der Waals surface area contributed by atoms with Crippen molar-refractivity contribution in [1.29, 1.82) is 5.26 Å². The van der Waals surface area contributed by atoms with Crippen molar-refractivity contribution in [3.63, 3.8) is 0 Å². The number of aromatic carboxylic acids is 1. The highest BCUT2D eigenvalue weighted by Gasteiger charge is 2.33. The highest BCUT2D eigenvalue weighted by molar-refractivity contribution is 5.92. The number of esters is 1. The summed E-state index contributed by atoms with van der Waals surface area (Å²) in [6, 6.07) is 2.16. The van der Waals surface area contributed by atoms with Gasteiger partial charge in [0, 0.05) is 26.1 Å². The van der Waals surface area contributed by atoms with Gasteiger partial charge in [-0.05, 0) is 52.0 Å². The van der Waals surface area contributed by atoms with E-state index in [4.69, 9.17) is 4.74 Å². The number of hydrogen-bond acceptors (Lipinski definition) is 7. The molecule has 2 saturated heterocycles. The van der Waals surface area contributed by atoms with Gasteiger partial charge in [-0.25, -0.2) is 9.78 Å². The predicted molar refractivity (Wildman–Crippen MR) is 121 cm³/mol. The largest absolute Gasteiger partial charge is 0.478 e. The molecule has 0 spiro atoms. The second-order valence-corrected chi connectivity index (χ2v) is 9.59. The lowest BCUT2D eigenvalue weighted by Gasteiger charge is -2.34. The fourth-order valence-electron chi connectivity index (χ4n) is 4.50. The van der Waals surface area contributed by atoms with Crippen molar-refractivity contribution in [2.45, 2.75) is 71.9 Å². The quantitative estimate of drug-likeness (QED) is 0.648. The van der Waals surface area contributed by atoms with Gasteiger partial charge in [-0.15, -0.1) is 0 Å². The molecule has 9 nitrogen and oxygen atoms in total. The monoisotopic (exact) mass is 456 g/mol. The molecule has 0 aromatic carbocycles. The maximum absolute atomic E-state index is 12.5. The molecule has 0 unspecified atom stereocenters. The molecule has 1 N–H and O–H groups in total. The molecule has 3 rings (SSSR count). The van der Waals surface area contributed by atoms with Crippen LogP contribution in [0.25, 0.3) is 0 Å². The van der Waals surface area contributed by atoms with Crippen LogP contribution in [0.3, 0.4) is 0 Å². The fourth-order valence-corrected chi connectivity index (χ4v) is 4.50. The summed E-state index contributed by atoms with van der Waals surface area (Å²) in [6.07, 6.45) is 2.66. The third-order valence-electron chi connectivity index (χ3n) is 6.08. The first kappa shape index (κ1) is 24.5. The number of carbonyl (C=O) groups excluding carboxylic acids is 2. The van der Waals surface area contributed by atoms with Crippen LogP contribution in [0.5, 0.6) is 0 Å². The minimum Gasteiger partial charge on any atom is -0.478 e. The summed E-state index contributed by atoms with van der Waals surface area (Å²) in [5, 5.41) is 19.8. The Kier molecular flexibility index (Phi) is 7.25. The third kappa shape index (κ3) is 5.44. The molecule has 3 heterocycles. The van der Waals surface area contributed by atoms with Crippen molar-refractivity contribution in [2.24, 2.45) is 5.92 Å². The number of ether oxygens (including phenoxy) is 1. The SMILES string of the molecule is CCc1c(C#N)c(N2CCC(C(=O)OC(C)(C)C)CC2)nc(CN2CCCC2=O)c1C(=O)O. The first-order valence-corrected chi connectivity index (χ1v) is 11.5. The average Bonchev–Trinajstić information content (AvgIpc) is 3.15. The normalized spacial score (nSPS) is 17.2. The Morgan fingerprint density at radius 3 is 2.39 bits per heavy atom. The summed E-state index contributed by atoms with van der Waals surface area (Å²) in [6.45, 7) is 9.01. The molecule has 0 atom stereocenters. The van der Waals surface area contributed by atoms with E-state index < -0.39 is 11.6 Å². The van der Waals surface area contributed by atoms with Crippen molar-refractivity contribution < 1.29 is 24.2 Å². The van der Waals surface area contributed by atoms with Gasteiger partial charge in [0.05, 0.1) is 29.3 Å². The lowest BCUT2D eigenvalue weighted by atomic mass is 9.94. The number of aromatic nitrogens is 1. The van der Waals surface area contributed by atoms with Crippen molar-refractivity contribution in [3.05, 3.63) is 22.4 Å². The van der Waals surface area contributed by atoms with E-state index in [1.54, 1.807) is 4.90 Å². The molecule has 178 valence electrons. The van der Waals surface area contributed by atoms with Gasteiger partial charge in [0.15, 0.2) is 0 Å². The van der Waals surface area contributed by atoms with Crippen LogP contribution in [0.2, 0.25) is 0 Å². The third-order valence-corrected chi connectivity index (χ3v) is 6.08.